The molecule has 2 rings (SSSR count). The second-order valence-corrected chi connectivity index (χ2v) is 8.15. The van der Waals surface area contributed by atoms with Gasteiger partial charge in [-0.3, -0.25) is 4.79 Å². The van der Waals surface area contributed by atoms with Crippen LogP contribution in [0.15, 0.2) is 35.5 Å². The molecule has 4 unspecified atom stereocenters. The highest BCUT2D eigenvalue weighted by atomic mass is 16.6. The Labute approximate surface area is 162 Å². The maximum Gasteiger partial charge on any atom is 0.334 e. The number of hydrogen-bond acceptors (Lipinski definition) is 5. The Morgan fingerprint density at radius 1 is 1.30 bits per heavy atom. The molecule has 27 heavy (non-hydrogen) atoms. The molecule has 2 aliphatic rings. The minimum absolute atomic E-state index is 0.281. The van der Waals surface area contributed by atoms with Crippen LogP contribution in [0.25, 0.3) is 0 Å². The summed E-state index contributed by atoms with van der Waals surface area (Å²) in [5.41, 5.74) is 1.62. The van der Waals surface area contributed by atoms with Gasteiger partial charge in [0.2, 0.25) is 0 Å². The molecular formula is C22H32O5. The van der Waals surface area contributed by atoms with Crippen LogP contribution < -0.4 is 0 Å². The van der Waals surface area contributed by atoms with E-state index in [1.165, 1.54) is 12.5 Å². The summed E-state index contributed by atoms with van der Waals surface area (Å²) in [6.45, 7) is 11.0. The summed E-state index contributed by atoms with van der Waals surface area (Å²) in [6, 6.07) is 0. The van der Waals surface area contributed by atoms with E-state index in [-0.39, 0.29) is 12.0 Å². The van der Waals surface area contributed by atoms with Crippen molar-refractivity contribution < 1.29 is 24.2 Å². The van der Waals surface area contributed by atoms with E-state index in [2.05, 4.69) is 25.7 Å². The molecule has 150 valence electrons. The van der Waals surface area contributed by atoms with Crippen LogP contribution >= 0.6 is 0 Å². The fraction of sp³-hybridized carbons (Fsp3) is 0.636. The molecule has 0 aromatic carbocycles. The SMILES string of the molecule is C=C1C(=O)OC2C/C(C)=C\CC/C(C)=C\CCC(C)(O)C(OC(C)=O)CC12. The van der Waals surface area contributed by atoms with Crippen molar-refractivity contribution in [3.8, 4) is 0 Å². The van der Waals surface area contributed by atoms with E-state index in [9.17, 15) is 14.7 Å². The van der Waals surface area contributed by atoms with Gasteiger partial charge in [0.05, 0.1) is 5.60 Å². The molecule has 0 bridgehead atoms. The Hall–Kier alpha value is -1.88. The number of esters is 2. The van der Waals surface area contributed by atoms with Gasteiger partial charge >= 0.3 is 11.9 Å². The van der Waals surface area contributed by atoms with Gasteiger partial charge in [-0.2, -0.15) is 0 Å². The van der Waals surface area contributed by atoms with Crippen LogP contribution in [0.4, 0.5) is 0 Å². The first-order valence-corrected chi connectivity index (χ1v) is 9.70. The summed E-state index contributed by atoms with van der Waals surface area (Å²) in [7, 11) is 0. The number of ether oxygens (including phenoxy) is 2. The zero-order chi connectivity index (χ0) is 20.2. The summed E-state index contributed by atoms with van der Waals surface area (Å²) in [5.74, 6) is -1.13. The van der Waals surface area contributed by atoms with E-state index < -0.39 is 23.6 Å². The van der Waals surface area contributed by atoms with Gasteiger partial charge in [-0.15, -0.1) is 0 Å². The summed E-state index contributed by atoms with van der Waals surface area (Å²) in [4.78, 5) is 23.7. The Kier molecular flexibility index (Phi) is 7.04. The number of hydrogen-bond donors (Lipinski definition) is 1. The van der Waals surface area contributed by atoms with Crippen molar-refractivity contribution in [3.05, 3.63) is 35.5 Å². The summed E-state index contributed by atoms with van der Waals surface area (Å²) in [5, 5.41) is 11.0. The predicted octanol–water partition coefficient (Wildman–Crippen LogP) is 4.01. The largest absolute Gasteiger partial charge is 0.459 e. The van der Waals surface area contributed by atoms with Crippen molar-refractivity contribution in [2.75, 3.05) is 0 Å². The highest BCUT2D eigenvalue weighted by Gasteiger charge is 2.44. The molecule has 4 atom stereocenters. The Balaban J connectivity index is 2.34. The minimum atomic E-state index is -1.20. The number of aliphatic hydroxyl groups is 1. The zero-order valence-corrected chi connectivity index (χ0v) is 16.9. The molecule has 1 saturated heterocycles. The highest BCUT2D eigenvalue weighted by molar-refractivity contribution is 5.90. The van der Waals surface area contributed by atoms with Crippen molar-refractivity contribution in [2.45, 2.75) is 84.0 Å². The van der Waals surface area contributed by atoms with Gasteiger partial charge in [-0.25, -0.2) is 4.79 Å². The number of rotatable bonds is 1. The van der Waals surface area contributed by atoms with Crippen LogP contribution in [0, 0.1) is 5.92 Å². The fourth-order valence-corrected chi connectivity index (χ4v) is 3.83. The van der Waals surface area contributed by atoms with Crippen molar-refractivity contribution >= 4 is 11.9 Å². The number of carbonyl (C=O) groups is 2. The number of carbonyl (C=O) groups excluding carboxylic acids is 2. The van der Waals surface area contributed by atoms with Crippen LogP contribution in [0.2, 0.25) is 0 Å². The third kappa shape index (κ3) is 5.80. The minimum Gasteiger partial charge on any atom is -0.459 e. The van der Waals surface area contributed by atoms with Gasteiger partial charge in [0.1, 0.15) is 12.2 Å². The lowest BCUT2D eigenvalue weighted by molar-refractivity contribution is -0.164. The lowest BCUT2D eigenvalue weighted by Crippen LogP contribution is -2.44. The number of allylic oxidation sites excluding steroid dienone is 3. The predicted molar refractivity (Wildman–Crippen MR) is 104 cm³/mol. The molecule has 5 heteroatoms. The van der Waals surface area contributed by atoms with Gasteiger partial charge in [0.25, 0.3) is 0 Å². The van der Waals surface area contributed by atoms with Crippen molar-refractivity contribution in [2.24, 2.45) is 5.92 Å². The molecule has 1 aliphatic heterocycles. The quantitative estimate of drug-likeness (QED) is 0.425. The van der Waals surface area contributed by atoms with Gasteiger partial charge in [-0.1, -0.05) is 29.9 Å². The molecule has 0 spiro atoms. The van der Waals surface area contributed by atoms with Crippen LogP contribution in [-0.4, -0.2) is 34.9 Å². The standard InChI is InChI=1S/C22H32O5/c1-14-8-6-9-15(2)12-19-18(16(3)21(24)27-19)13-20(26-17(4)23)22(5,25)11-7-10-14/h9-10,18-20,25H,3,6-8,11-13H2,1-2,4-5H3/b14-10-,15-9-. The summed E-state index contributed by atoms with van der Waals surface area (Å²) < 4.78 is 11.0. The van der Waals surface area contributed by atoms with E-state index in [4.69, 9.17) is 9.47 Å². The van der Waals surface area contributed by atoms with E-state index in [1.54, 1.807) is 6.92 Å². The third-order valence-corrected chi connectivity index (χ3v) is 5.58. The molecule has 5 nitrogen and oxygen atoms in total. The van der Waals surface area contributed by atoms with E-state index in [0.29, 0.717) is 31.3 Å². The normalized spacial score (nSPS) is 37.1. The smallest absolute Gasteiger partial charge is 0.334 e. The maximum atomic E-state index is 12.1. The lowest BCUT2D eigenvalue weighted by Gasteiger charge is -2.34. The molecule has 0 aromatic heterocycles. The Bertz CT molecular complexity index is 656. The van der Waals surface area contributed by atoms with Gasteiger partial charge in [0.15, 0.2) is 0 Å². The Morgan fingerprint density at radius 2 is 1.96 bits per heavy atom. The maximum absolute atomic E-state index is 12.1. The molecule has 0 radical (unpaired) electrons. The zero-order valence-electron chi connectivity index (χ0n) is 16.9. The van der Waals surface area contributed by atoms with Gasteiger partial charge in [-0.05, 0) is 52.9 Å². The average molecular weight is 376 g/mol. The lowest BCUT2D eigenvalue weighted by atomic mass is 9.81. The van der Waals surface area contributed by atoms with E-state index in [0.717, 1.165) is 18.4 Å². The van der Waals surface area contributed by atoms with Gasteiger partial charge < -0.3 is 14.6 Å². The number of fused-ring (bicyclic) bond motifs is 1. The summed E-state index contributed by atoms with van der Waals surface area (Å²) in [6.07, 6.45) is 7.25. The monoisotopic (exact) mass is 376 g/mol. The molecule has 0 aromatic rings. The topological polar surface area (TPSA) is 72.8 Å². The molecule has 1 N–H and O–H groups in total. The molecule has 1 heterocycles. The first-order chi connectivity index (χ1) is 12.6. The average Bonchev–Trinajstić information content (AvgIpc) is 2.80. The van der Waals surface area contributed by atoms with Gasteiger partial charge in [0, 0.05) is 24.8 Å². The van der Waals surface area contributed by atoms with Crippen molar-refractivity contribution in [1.29, 1.82) is 0 Å². The molecule has 0 saturated carbocycles. The molecule has 1 fully saturated rings. The fourth-order valence-electron chi connectivity index (χ4n) is 3.83. The Morgan fingerprint density at radius 3 is 2.63 bits per heavy atom. The second kappa shape index (κ2) is 8.87. The van der Waals surface area contributed by atoms with E-state index >= 15 is 0 Å². The van der Waals surface area contributed by atoms with E-state index in [1.807, 2.05) is 6.92 Å². The first-order valence-electron chi connectivity index (χ1n) is 9.70. The third-order valence-electron chi connectivity index (χ3n) is 5.58. The second-order valence-electron chi connectivity index (χ2n) is 8.15. The van der Waals surface area contributed by atoms with Crippen LogP contribution in [0.3, 0.4) is 0 Å². The van der Waals surface area contributed by atoms with Crippen molar-refractivity contribution in [1.82, 2.24) is 0 Å². The van der Waals surface area contributed by atoms with Crippen LogP contribution in [0.1, 0.15) is 66.2 Å². The first kappa shape index (κ1) is 21.4. The molecule has 0 amide bonds. The summed E-state index contributed by atoms with van der Waals surface area (Å²) >= 11 is 0. The molecule has 1 aliphatic carbocycles. The highest BCUT2D eigenvalue weighted by Crippen LogP contribution is 2.37. The molecular weight excluding hydrogens is 344 g/mol. The van der Waals surface area contributed by atoms with Crippen LogP contribution in [0.5, 0.6) is 0 Å². The van der Waals surface area contributed by atoms with Crippen molar-refractivity contribution in [3.63, 3.8) is 0 Å². The van der Waals surface area contributed by atoms with Crippen LogP contribution in [-0.2, 0) is 19.1 Å².